The van der Waals surface area contributed by atoms with Crippen molar-refractivity contribution in [3.8, 4) is 6.07 Å². The Hall–Kier alpha value is -2.88. The second kappa shape index (κ2) is 7.18. The first-order chi connectivity index (χ1) is 14.2. The van der Waals surface area contributed by atoms with E-state index in [0.29, 0.717) is 17.2 Å². The molecule has 0 saturated carbocycles. The molecule has 2 amide bonds. The average molecular weight is 387 g/mol. The number of benzene rings is 2. The summed E-state index contributed by atoms with van der Waals surface area (Å²) in [7, 11) is 0. The Morgan fingerprint density at radius 1 is 1.00 bits per heavy atom. The Balaban J connectivity index is 1.41. The molecule has 4 aliphatic rings. The fourth-order valence-electron chi connectivity index (χ4n) is 5.51. The number of nitriles is 1. The van der Waals surface area contributed by atoms with Crippen LogP contribution in [0.1, 0.15) is 11.1 Å². The lowest BCUT2D eigenvalue weighted by Crippen LogP contribution is -2.71. The maximum absolute atomic E-state index is 12.9. The molecule has 4 heterocycles. The second-order valence-corrected chi connectivity index (χ2v) is 8.52. The van der Waals surface area contributed by atoms with Gasteiger partial charge in [0.2, 0.25) is 0 Å². The van der Waals surface area contributed by atoms with Gasteiger partial charge in [-0.05, 0) is 29.8 Å². The minimum Gasteiger partial charge on any atom is -0.334 e. The van der Waals surface area contributed by atoms with Crippen molar-refractivity contribution in [2.24, 2.45) is 5.92 Å². The number of piperidine rings is 2. The average Bonchev–Trinajstić information content (AvgIpc) is 3.00. The van der Waals surface area contributed by atoms with Gasteiger partial charge in [0, 0.05) is 62.3 Å². The summed E-state index contributed by atoms with van der Waals surface area (Å²) in [5.41, 5.74) is 2.49. The van der Waals surface area contributed by atoms with Gasteiger partial charge in [-0.3, -0.25) is 0 Å². The number of rotatable bonds is 3. The van der Waals surface area contributed by atoms with E-state index in [1.165, 1.54) is 5.56 Å². The number of carbonyl (C=O) groups is 1. The van der Waals surface area contributed by atoms with Gasteiger partial charge >= 0.3 is 6.03 Å². The molecule has 0 radical (unpaired) electrons. The van der Waals surface area contributed by atoms with Crippen molar-refractivity contribution in [2.75, 3.05) is 44.6 Å². The maximum atomic E-state index is 12.9. The van der Waals surface area contributed by atoms with Gasteiger partial charge in [0.1, 0.15) is 0 Å². The van der Waals surface area contributed by atoms with Gasteiger partial charge in [0.05, 0.1) is 11.6 Å². The Kier molecular flexibility index (Phi) is 4.50. The second-order valence-electron chi connectivity index (χ2n) is 8.52. The van der Waals surface area contributed by atoms with Crippen molar-refractivity contribution in [1.82, 2.24) is 15.1 Å². The zero-order valence-electron chi connectivity index (χ0n) is 16.3. The van der Waals surface area contributed by atoms with Crippen LogP contribution in [0.2, 0.25) is 0 Å². The van der Waals surface area contributed by atoms with E-state index in [9.17, 15) is 4.79 Å². The van der Waals surface area contributed by atoms with Crippen LogP contribution in [0.3, 0.4) is 0 Å². The van der Waals surface area contributed by atoms with Gasteiger partial charge in [-0.2, -0.15) is 5.26 Å². The number of hydrogen-bond donors (Lipinski definition) is 2. The molecule has 0 aliphatic carbocycles. The number of fused-ring (bicyclic) bond motifs is 1. The van der Waals surface area contributed by atoms with Crippen LogP contribution in [0.4, 0.5) is 10.5 Å². The van der Waals surface area contributed by atoms with Gasteiger partial charge in [0.15, 0.2) is 0 Å². The molecular formula is C23H25N5O. The topological polar surface area (TPSA) is 71.4 Å². The minimum absolute atomic E-state index is 0.0916. The van der Waals surface area contributed by atoms with E-state index in [0.717, 1.165) is 39.3 Å². The normalized spacial score (nSPS) is 32.2. The Morgan fingerprint density at radius 3 is 2.28 bits per heavy atom. The molecule has 0 aromatic heterocycles. The first-order valence-electron chi connectivity index (χ1n) is 10.2. The van der Waals surface area contributed by atoms with E-state index >= 15 is 0 Å². The quantitative estimate of drug-likeness (QED) is 0.847. The highest BCUT2D eigenvalue weighted by molar-refractivity contribution is 5.89. The van der Waals surface area contributed by atoms with Crippen LogP contribution in [0.25, 0.3) is 0 Å². The van der Waals surface area contributed by atoms with Crippen molar-refractivity contribution in [2.45, 2.75) is 11.5 Å². The highest BCUT2D eigenvalue weighted by Gasteiger charge is 2.55. The van der Waals surface area contributed by atoms with Crippen LogP contribution in [0, 0.1) is 17.2 Å². The Morgan fingerprint density at radius 2 is 1.66 bits per heavy atom. The molecule has 2 aromatic carbocycles. The summed E-state index contributed by atoms with van der Waals surface area (Å²) in [4.78, 5) is 18.0. The molecule has 2 aromatic rings. The fourth-order valence-corrected chi connectivity index (χ4v) is 5.51. The van der Waals surface area contributed by atoms with Crippen molar-refractivity contribution in [3.05, 3.63) is 65.7 Å². The molecule has 2 N–H and O–H groups in total. The zero-order chi connectivity index (χ0) is 19.8. The Bertz CT molecular complexity index is 920. The molecule has 4 saturated heterocycles. The van der Waals surface area contributed by atoms with Gasteiger partial charge in [-0.15, -0.1) is 0 Å². The van der Waals surface area contributed by atoms with Gasteiger partial charge in [-0.1, -0.05) is 30.3 Å². The molecule has 0 spiro atoms. The predicted octanol–water partition coefficient (Wildman–Crippen LogP) is 2.25. The first kappa shape index (κ1) is 18.2. The minimum atomic E-state index is -0.175. The maximum Gasteiger partial charge on any atom is 0.319 e. The molecular weight excluding hydrogens is 362 g/mol. The van der Waals surface area contributed by atoms with Crippen molar-refractivity contribution in [1.29, 1.82) is 5.26 Å². The third-order valence-corrected chi connectivity index (χ3v) is 6.70. The number of nitrogens with one attached hydrogen (secondary N) is 2. The van der Waals surface area contributed by atoms with Gasteiger partial charge in [0.25, 0.3) is 0 Å². The monoisotopic (exact) mass is 387 g/mol. The van der Waals surface area contributed by atoms with Crippen LogP contribution in [0.15, 0.2) is 54.6 Å². The van der Waals surface area contributed by atoms with Gasteiger partial charge < -0.3 is 20.4 Å². The molecule has 148 valence electrons. The summed E-state index contributed by atoms with van der Waals surface area (Å²) in [5, 5.41) is 15.2. The summed E-state index contributed by atoms with van der Waals surface area (Å²) in [5.74, 6) is 0.409. The molecule has 4 aliphatic heterocycles. The van der Waals surface area contributed by atoms with Crippen LogP contribution < -0.4 is 10.6 Å². The van der Waals surface area contributed by atoms with E-state index in [2.05, 4.69) is 56.8 Å². The summed E-state index contributed by atoms with van der Waals surface area (Å²) >= 11 is 0. The highest BCUT2D eigenvalue weighted by Crippen LogP contribution is 2.43. The molecule has 6 rings (SSSR count). The molecule has 2 unspecified atom stereocenters. The number of anilines is 1. The van der Waals surface area contributed by atoms with Crippen LogP contribution in [-0.2, 0) is 5.41 Å². The van der Waals surface area contributed by atoms with E-state index in [4.69, 9.17) is 5.26 Å². The molecule has 6 nitrogen and oxygen atoms in total. The van der Waals surface area contributed by atoms with Crippen molar-refractivity contribution < 1.29 is 4.79 Å². The van der Waals surface area contributed by atoms with Crippen LogP contribution in [-0.4, -0.2) is 61.1 Å². The molecule has 4 bridgehead atoms. The molecule has 29 heavy (non-hydrogen) atoms. The first-order valence-corrected chi connectivity index (χ1v) is 10.2. The number of nitrogens with zero attached hydrogens (tertiary/aromatic N) is 3. The van der Waals surface area contributed by atoms with E-state index < -0.39 is 0 Å². The summed E-state index contributed by atoms with van der Waals surface area (Å²) in [6.45, 7) is 6.24. The summed E-state index contributed by atoms with van der Waals surface area (Å²) in [6.07, 6.45) is 0. The van der Waals surface area contributed by atoms with Crippen LogP contribution >= 0.6 is 0 Å². The number of amides is 2. The number of carbonyl (C=O) groups excluding carboxylic acids is 1. The summed E-state index contributed by atoms with van der Waals surface area (Å²) < 4.78 is 0. The molecule has 6 heteroatoms. The molecule has 4 fully saturated rings. The third kappa shape index (κ3) is 3.27. The lowest BCUT2D eigenvalue weighted by atomic mass is 9.64. The van der Waals surface area contributed by atoms with E-state index in [1.807, 2.05) is 0 Å². The Labute approximate surface area is 171 Å². The molecule has 3 atom stereocenters. The standard InChI is InChI=1S/C23H25N5O/c24-12-17-6-8-20(9-7-17)25-22(29)26-21-18-13-27-10-11-28(14-18)16-23(21,15-27)19-4-2-1-3-5-19/h1-9,18,21H,10-11,13-16H2,(H2,25,26,29)/t18?,21-,23?/m0/s1. The lowest BCUT2D eigenvalue weighted by Gasteiger charge is -2.55. The van der Waals surface area contributed by atoms with E-state index in [1.54, 1.807) is 24.3 Å². The lowest BCUT2D eigenvalue weighted by molar-refractivity contribution is 0.0238. The number of urea groups is 1. The third-order valence-electron chi connectivity index (χ3n) is 6.70. The van der Waals surface area contributed by atoms with Gasteiger partial charge in [-0.25, -0.2) is 4.79 Å². The SMILES string of the molecule is N#Cc1ccc(NC(=O)N[C@H]2C3CN4CCN(C3)CC2(c2ccccc2)C4)cc1. The largest absolute Gasteiger partial charge is 0.334 e. The fraction of sp³-hybridized carbons (Fsp3) is 0.391. The zero-order valence-corrected chi connectivity index (χ0v) is 16.3. The van der Waals surface area contributed by atoms with Crippen molar-refractivity contribution in [3.63, 3.8) is 0 Å². The van der Waals surface area contributed by atoms with Crippen molar-refractivity contribution >= 4 is 11.7 Å². The smallest absolute Gasteiger partial charge is 0.319 e. The van der Waals surface area contributed by atoms with E-state index in [-0.39, 0.29) is 17.5 Å². The van der Waals surface area contributed by atoms with Crippen LogP contribution in [0.5, 0.6) is 0 Å². The highest BCUT2D eigenvalue weighted by atomic mass is 16.2. The predicted molar refractivity (Wildman–Crippen MR) is 112 cm³/mol. The number of hydrogen-bond acceptors (Lipinski definition) is 4. The summed E-state index contributed by atoms with van der Waals surface area (Å²) in [6, 6.07) is 19.7.